The largest absolute Gasteiger partial charge is 0.393 e. The predicted molar refractivity (Wildman–Crippen MR) is 68.6 cm³/mol. The highest BCUT2D eigenvalue weighted by Crippen LogP contribution is 2.20. The van der Waals surface area contributed by atoms with Gasteiger partial charge in [0.2, 0.25) is 0 Å². The molecule has 0 radical (unpaired) electrons. The maximum atomic E-state index is 9.18. The van der Waals surface area contributed by atoms with E-state index in [2.05, 4.69) is 31.1 Å². The van der Waals surface area contributed by atoms with Gasteiger partial charge in [-0.25, -0.2) is 0 Å². The molecule has 16 heavy (non-hydrogen) atoms. The summed E-state index contributed by atoms with van der Waals surface area (Å²) in [6.45, 7) is 8.72. The molecule has 2 N–H and O–H groups in total. The standard InChI is InChI=1S/C13H28N2O/c1-10-9-15(4)11(2)8-13(10)14-7-5-6-12(3)16/h10-14,16H,5-9H2,1-4H3. The van der Waals surface area contributed by atoms with Crippen LogP contribution in [0.5, 0.6) is 0 Å². The van der Waals surface area contributed by atoms with Gasteiger partial charge in [-0.2, -0.15) is 0 Å². The van der Waals surface area contributed by atoms with Gasteiger partial charge in [0, 0.05) is 18.6 Å². The Bertz CT molecular complexity index is 196. The number of hydrogen-bond acceptors (Lipinski definition) is 3. The summed E-state index contributed by atoms with van der Waals surface area (Å²) in [6, 6.07) is 1.34. The molecule has 96 valence electrons. The number of nitrogens with one attached hydrogen (secondary N) is 1. The van der Waals surface area contributed by atoms with Crippen molar-refractivity contribution in [3.8, 4) is 0 Å². The molecule has 3 nitrogen and oxygen atoms in total. The van der Waals surface area contributed by atoms with Crippen molar-refractivity contribution in [1.29, 1.82) is 0 Å². The topological polar surface area (TPSA) is 35.5 Å². The summed E-state index contributed by atoms with van der Waals surface area (Å²) >= 11 is 0. The Morgan fingerprint density at radius 3 is 2.75 bits per heavy atom. The highest BCUT2D eigenvalue weighted by atomic mass is 16.3. The number of aliphatic hydroxyl groups excluding tert-OH is 1. The van der Waals surface area contributed by atoms with E-state index in [1.165, 1.54) is 13.0 Å². The van der Waals surface area contributed by atoms with Gasteiger partial charge in [-0.3, -0.25) is 0 Å². The van der Waals surface area contributed by atoms with Crippen molar-refractivity contribution in [2.45, 2.75) is 58.2 Å². The van der Waals surface area contributed by atoms with Crippen molar-refractivity contribution >= 4 is 0 Å². The highest BCUT2D eigenvalue weighted by molar-refractivity contribution is 4.85. The third kappa shape index (κ3) is 4.40. The van der Waals surface area contributed by atoms with Crippen LogP contribution in [0.25, 0.3) is 0 Å². The zero-order valence-corrected chi connectivity index (χ0v) is 11.2. The molecule has 0 aromatic heterocycles. The number of hydrogen-bond donors (Lipinski definition) is 2. The Balaban J connectivity index is 2.20. The Hall–Kier alpha value is -0.120. The van der Waals surface area contributed by atoms with Crippen molar-refractivity contribution in [1.82, 2.24) is 10.2 Å². The number of likely N-dealkylation sites (tertiary alicyclic amines) is 1. The minimum atomic E-state index is -0.157. The van der Waals surface area contributed by atoms with Gasteiger partial charge in [-0.15, -0.1) is 0 Å². The zero-order valence-electron chi connectivity index (χ0n) is 11.2. The van der Waals surface area contributed by atoms with Gasteiger partial charge in [0.1, 0.15) is 0 Å². The molecule has 0 bridgehead atoms. The fourth-order valence-corrected chi connectivity index (χ4v) is 2.51. The van der Waals surface area contributed by atoms with E-state index in [1.807, 2.05) is 6.92 Å². The van der Waals surface area contributed by atoms with Crippen LogP contribution in [0.2, 0.25) is 0 Å². The molecule has 4 atom stereocenters. The first kappa shape index (κ1) is 13.9. The number of rotatable bonds is 5. The average Bonchev–Trinajstić information content (AvgIpc) is 2.19. The summed E-state index contributed by atoms with van der Waals surface area (Å²) in [7, 11) is 2.21. The fourth-order valence-electron chi connectivity index (χ4n) is 2.51. The van der Waals surface area contributed by atoms with Crippen molar-refractivity contribution in [2.75, 3.05) is 20.1 Å². The molecule has 0 saturated carbocycles. The van der Waals surface area contributed by atoms with Gasteiger partial charge in [0.15, 0.2) is 0 Å². The molecule has 1 aliphatic rings. The van der Waals surface area contributed by atoms with Gasteiger partial charge in [-0.05, 0) is 52.6 Å². The van der Waals surface area contributed by atoms with Crippen LogP contribution in [0.4, 0.5) is 0 Å². The lowest BCUT2D eigenvalue weighted by Crippen LogP contribution is -2.51. The van der Waals surface area contributed by atoms with E-state index in [9.17, 15) is 5.11 Å². The van der Waals surface area contributed by atoms with Gasteiger partial charge >= 0.3 is 0 Å². The molecule has 1 saturated heterocycles. The Morgan fingerprint density at radius 1 is 1.44 bits per heavy atom. The van der Waals surface area contributed by atoms with E-state index in [0.717, 1.165) is 25.3 Å². The van der Waals surface area contributed by atoms with Crippen molar-refractivity contribution in [3.05, 3.63) is 0 Å². The summed E-state index contributed by atoms with van der Waals surface area (Å²) < 4.78 is 0. The van der Waals surface area contributed by atoms with Crippen LogP contribution in [-0.2, 0) is 0 Å². The second-order valence-electron chi connectivity index (χ2n) is 5.55. The predicted octanol–water partition coefficient (Wildman–Crippen LogP) is 1.47. The van der Waals surface area contributed by atoms with Gasteiger partial charge in [0.25, 0.3) is 0 Å². The normalized spacial score (nSPS) is 33.9. The lowest BCUT2D eigenvalue weighted by Gasteiger charge is -2.40. The minimum Gasteiger partial charge on any atom is -0.393 e. The van der Waals surface area contributed by atoms with Gasteiger partial charge in [-0.1, -0.05) is 6.92 Å². The maximum absolute atomic E-state index is 9.18. The average molecular weight is 228 g/mol. The van der Waals surface area contributed by atoms with Crippen LogP contribution in [0.15, 0.2) is 0 Å². The summed E-state index contributed by atoms with van der Waals surface area (Å²) in [4.78, 5) is 2.44. The first-order valence-electron chi connectivity index (χ1n) is 6.62. The second kappa shape index (κ2) is 6.58. The van der Waals surface area contributed by atoms with E-state index in [1.54, 1.807) is 0 Å². The molecule has 1 rings (SSSR count). The molecule has 0 amide bonds. The van der Waals surface area contributed by atoms with Crippen LogP contribution in [-0.4, -0.2) is 48.3 Å². The minimum absolute atomic E-state index is 0.157. The summed E-state index contributed by atoms with van der Waals surface area (Å²) in [5.74, 6) is 0.729. The van der Waals surface area contributed by atoms with E-state index in [-0.39, 0.29) is 6.10 Å². The Morgan fingerprint density at radius 2 is 2.12 bits per heavy atom. The molecule has 0 aromatic carbocycles. The molecule has 0 spiro atoms. The molecule has 4 unspecified atom stereocenters. The van der Waals surface area contributed by atoms with E-state index >= 15 is 0 Å². The van der Waals surface area contributed by atoms with E-state index in [0.29, 0.717) is 12.1 Å². The maximum Gasteiger partial charge on any atom is 0.0512 e. The number of nitrogens with zero attached hydrogens (tertiary/aromatic N) is 1. The summed E-state index contributed by atoms with van der Waals surface area (Å²) in [5, 5.41) is 12.8. The molecule has 1 aliphatic heterocycles. The van der Waals surface area contributed by atoms with Crippen LogP contribution in [0.1, 0.15) is 40.0 Å². The first-order chi connectivity index (χ1) is 7.50. The van der Waals surface area contributed by atoms with Crippen molar-refractivity contribution in [2.24, 2.45) is 5.92 Å². The Kier molecular flexibility index (Phi) is 5.73. The second-order valence-corrected chi connectivity index (χ2v) is 5.55. The molecule has 3 heteroatoms. The van der Waals surface area contributed by atoms with Crippen molar-refractivity contribution in [3.63, 3.8) is 0 Å². The Labute approximate surface area is 100 Å². The highest BCUT2D eigenvalue weighted by Gasteiger charge is 2.28. The first-order valence-corrected chi connectivity index (χ1v) is 6.62. The fraction of sp³-hybridized carbons (Fsp3) is 1.00. The van der Waals surface area contributed by atoms with Crippen LogP contribution < -0.4 is 5.32 Å². The zero-order chi connectivity index (χ0) is 12.1. The molecule has 0 aromatic rings. The molecule has 1 fully saturated rings. The number of piperidine rings is 1. The smallest absolute Gasteiger partial charge is 0.0512 e. The monoisotopic (exact) mass is 228 g/mol. The van der Waals surface area contributed by atoms with E-state index < -0.39 is 0 Å². The van der Waals surface area contributed by atoms with Crippen molar-refractivity contribution < 1.29 is 5.11 Å². The molecular weight excluding hydrogens is 200 g/mol. The molecule has 0 aliphatic carbocycles. The SMILES string of the molecule is CC(O)CCCNC1CC(C)N(C)CC1C. The van der Waals surface area contributed by atoms with Crippen LogP contribution in [0.3, 0.4) is 0 Å². The summed E-state index contributed by atoms with van der Waals surface area (Å²) in [5.41, 5.74) is 0. The third-order valence-electron chi connectivity index (χ3n) is 3.82. The van der Waals surface area contributed by atoms with Gasteiger partial charge < -0.3 is 15.3 Å². The summed E-state index contributed by atoms with van der Waals surface area (Å²) in [6.07, 6.45) is 3.07. The molecular formula is C13H28N2O. The van der Waals surface area contributed by atoms with Crippen LogP contribution in [0, 0.1) is 5.92 Å². The molecule has 1 heterocycles. The lowest BCUT2D eigenvalue weighted by molar-refractivity contribution is 0.120. The quantitative estimate of drug-likeness (QED) is 0.699. The number of aliphatic hydroxyl groups is 1. The third-order valence-corrected chi connectivity index (χ3v) is 3.82. The van der Waals surface area contributed by atoms with Gasteiger partial charge in [0.05, 0.1) is 6.10 Å². The van der Waals surface area contributed by atoms with Crippen LogP contribution >= 0.6 is 0 Å². The lowest BCUT2D eigenvalue weighted by atomic mass is 9.90. The van der Waals surface area contributed by atoms with E-state index in [4.69, 9.17) is 0 Å².